The molecule has 1 aliphatic heterocycles. The van der Waals surface area contributed by atoms with Crippen molar-refractivity contribution in [3.8, 4) is 0 Å². The summed E-state index contributed by atoms with van der Waals surface area (Å²) in [5.74, 6) is 0.481. The number of ketones is 1. The van der Waals surface area contributed by atoms with Gasteiger partial charge in [0.25, 0.3) is 0 Å². The van der Waals surface area contributed by atoms with Crippen LogP contribution in [0.2, 0.25) is 0 Å². The van der Waals surface area contributed by atoms with Crippen molar-refractivity contribution in [1.82, 2.24) is 0 Å². The first-order valence-electron chi connectivity index (χ1n) is 4.58. The molecule has 2 unspecified atom stereocenters. The average molecular weight is 184 g/mol. The molecule has 0 radical (unpaired) electrons. The molecule has 0 bridgehead atoms. The molecule has 2 atom stereocenters. The maximum absolute atomic E-state index is 11.0. The zero-order chi connectivity index (χ0) is 9.84. The van der Waals surface area contributed by atoms with Gasteiger partial charge in [0.15, 0.2) is 12.1 Å². The third-order valence-electron chi connectivity index (χ3n) is 1.75. The van der Waals surface area contributed by atoms with Crippen molar-refractivity contribution in [3.05, 3.63) is 12.2 Å². The lowest BCUT2D eigenvalue weighted by Crippen LogP contribution is -2.31. The zero-order valence-electron chi connectivity index (χ0n) is 8.32. The van der Waals surface area contributed by atoms with Crippen LogP contribution in [-0.2, 0) is 14.3 Å². The van der Waals surface area contributed by atoms with Crippen LogP contribution in [0.5, 0.6) is 0 Å². The molecule has 3 heteroatoms. The Labute approximate surface area is 78.7 Å². The molecule has 0 saturated heterocycles. The summed E-state index contributed by atoms with van der Waals surface area (Å²) in [6, 6.07) is 0. The van der Waals surface area contributed by atoms with E-state index in [0.717, 1.165) is 0 Å². The first-order chi connectivity index (χ1) is 6.09. The highest BCUT2D eigenvalue weighted by Crippen LogP contribution is 2.11. The Kier molecular flexibility index (Phi) is 3.63. The minimum atomic E-state index is -0.373. The first kappa shape index (κ1) is 10.4. The highest BCUT2D eigenvalue weighted by Gasteiger charge is 2.21. The minimum absolute atomic E-state index is 0.00407. The molecule has 0 aromatic carbocycles. The summed E-state index contributed by atoms with van der Waals surface area (Å²) in [6.07, 6.45) is 2.46. The van der Waals surface area contributed by atoms with Crippen LogP contribution in [0.15, 0.2) is 12.2 Å². The summed E-state index contributed by atoms with van der Waals surface area (Å²) < 4.78 is 10.7. The van der Waals surface area contributed by atoms with Crippen molar-refractivity contribution in [2.24, 2.45) is 5.92 Å². The second-order valence-electron chi connectivity index (χ2n) is 3.64. The van der Waals surface area contributed by atoms with Crippen LogP contribution >= 0.6 is 0 Å². The second-order valence-corrected chi connectivity index (χ2v) is 3.64. The number of hydrogen-bond acceptors (Lipinski definition) is 3. The van der Waals surface area contributed by atoms with Gasteiger partial charge in [-0.15, -0.1) is 0 Å². The molecule has 13 heavy (non-hydrogen) atoms. The van der Waals surface area contributed by atoms with Crippen molar-refractivity contribution >= 4 is 5.78 Å². The van der Waals surface area contributed by atoms with Gasteiger partial charge >= 0.3 is 0 Å². The summed E-state index contributed by atoms with van der Waals surface area (Å²) in [6.45, 7) is 6.52. The van der Waals surface area contributed by atoms with Crippen molar-refractivity contribution in [1.29, 1.82) is 0 Å². The highest BCUT2D eigenvalue weighted by atomic mass is 16.7. The number of carbonyl (C=O) groups excluding carboxylic acids is 1. The van der Waals surface area contributed by atoms with E-state index in [9.17, 15) is 4.79 Å². The molecule has 1 aliphatic rings. The fraction of sp³-hybridized carbons (Fsp3) is 0.700. The molecule has 1 heterocycles. The predicted octanol–water partition coefficient (Wildman–Crippen LogP) is 1.53. The SMILES string of the molecule is CC(C)COC1C=CC(=O)C(C)O1. The molecular weight excluding hydrogens is 168 g/mol. The van der Waals surface area contributed by atoms with Crippen molar-refractivity contribution in [3.63, 3.8) is 0 Å². The van der Waals surface area contributed by atoms with Gasteiger partial charge in [-0.3, -0.25) is 4.79 Å². The van der Waals surface area contributed by atoms with E-state index < -0.39 is 0 Å². The van der Waals surface area contributed by atoms with Gasteiger partial charge < -0.3 is 9.47 Å². The van der Waals surface area contributed by atoms with E-state index in [2.05, 4.69) is 13.8 Å². The molecule has 1 rings (SSSR count). The molecule has 0 N–H and O–H groups in total. The molecule has 0 aromatic heterocycles. The van der Waals surface area contributed by atoms with Crippen LogP contribution in [0.1, 0.15) is 20.8 Å². The van der Waals surface area contributed by atoms with Crippen LogP contribution in [0.25, 0.3) is 0 Å². The molecule has 0 fully saturated rings. The molecule has 0 saturated carbocycles. The molecule has 0 spiro atoms. The third kappa shape index (κ3) is 3.28. The monoisotopic (exact) mass is 184 g/mol. The highest BCUT2D eigenvalue weighted by molar-refractivity contribution is 5.93. The number of hydrogen-bond donors (Lipinski definition) is 0. The maximum Gasteiger partial charge on any atom is 0.184 e. The Bertz CT molecular complexity index is 208. The number of rotatable bonds is 3. The van der Waals surface area contributed by atoms with Gasteiger partial charge in [-0.2, -0.15) is 0 Å². The number of ether oxygens (including phenoxy) is 2. The molecule has 0 aliphatic carbocycles. The van der Waals surface area contributed by atoms with Crippen molar-refractivity contribution in [2.45, 2.75) is 33.2 Å². The summed E-state index contributed by atoms with van der Waals surface area (Å²) >= 11 is 0. The van der Waals surface area contributed by atoms with E-state index in [1.165, 1.54) is 6.08 Å². The van der Waals surface area contributed by atoms with Crippen molar-refractivity contribution in [2.75, 3.05) is 6.61 Å². The average Bonchev–Trinajstić information content (AvgIpc) is 2.07. The van der Waals surface area contributed by atoms with Crippen LogP contribution in [0, 0.1) is 5.92 Å². The van der Waals surface area contributed by atoms with E-state index in [-0.39, 0.29) is 18.2 Å². The summed E-state index contributed by atoms with van der Waals surface area (Å²) in [5.41, 5.74) is 0. The summed E-state index contributed by atoms with van der Waals surface area (Å²) in [7, 11) is 0. The topological polar surface area (TPSA) is 35.5 Å². The number of carbonyl (C=O) groups is 1. The Morgan fingerprint density at radius 2 is 2.31 bits per heavy atom. The molecule has 0 amide bonds. The first-order valence-corrected chi connectivity index (χ1v) is 4.58. The Morgan fingerprint density at radius 3 is 2.85 bits per heavy atom. The van der Waals surface area contributed by atoms with Crippen LogP contribution < -0.4 is 0 Å². The second kappa shape index (κ2) is 4.53. The Morgan fingerprint density at radius 1 is 1.62 bits per heavy atom. The molecule has 74 valence electrons. The van der Waals surface area contributed by atoms with E-state index in [4.69, 9.17) is 9.47 Å². The van der Waals surface area contributed by atoms with Gasteiger partial charge in [0, 0.05) is 0 Å². The normalized spacial score (nSPS) is 28.5. The quantitative estimate of drug-likeness (QED) is 0.667. The van der Waals surface area contributed by atoms with Gasteiger partial charge in [0.05, 0.1) is 6.61 Å². The van der Waals surface area contributed by atoms with Crippen LogP contribution in [-0.4, -0.2) is 24.8 Å². The van der Waals surface area contributed by atoms with E-state index in [1.807, 2.05) is 0 Å². The van der Waals surface area contributed by atoms with Gasteiger partial charge in [-0.05, 0) is 25.0 Å². The summed E-state index contributed by atoms with van der Waals surface area (Å²) in [5, 5.41) is 0. The van der Waals surface area contributed by atoms with E-state index >= 15 is 0 Å². The molecule has 3 nitrogen and oxygen atoms in total. The van der Waals surface area contributed by atoms with Gasteiger partial charge in [0.2, 0.25) is 0 Å². The predicted molar refractivity (Wildman–Crippen MR) is 49.3 cm³/mol. The lowest BCUT2D eigenvalue weighted by atomic mass is 10.2. The summed E-state index contributed by atoms with van der Waals surface area (Å²) in [4.78, 5) is 11.0. The van der Waals surface area contributed by atoms with Crippen molar-refractivity contribution < 1.29 is 14.3 Å². The van der Waals surface area contributed by atoms with E-state index in [0.29, 0.717) is 12.5 Å². The fourth-order valence-corrected chi connectivity index (χ4v) is 1.00. The van der Waals surface area contributed by atoms with E-state index in [1.54, 1.807) is 13.0 Å². The largest absolute Gasteiger partial charge is 0.349 e. The standard InChI is InChI=1S/C10H16O3/c1-7(2)6-12-10-5-4-9(11)8(3)13-10/h4-5,7-8,10H,6H2,1-3H3. The van der Waals surface area contributed by atoms with Gasteiger partial charge in [0.1, 0.15) is 6.10 Å². The fourth-order valence-electron chi connectivity index (χ4n) is 1.00. The third-order valence-corrected chi connectivity index (χ3v) is 1.75. The molecular formula is C10H16O3. The smallest absolute Gasteiger partial charge is 0.184 e. The van der Waals surface area contributed by atoms with Crippen LogP contribution in [0.3, 0.4) is 0 Å². The lowest BCUT2D eigenvalue weighted by molar-refractivity contribution is -0.162. The minimum Gasteiger partial charge on any atom is -0.349 e. The van der Waals surface area contributed by atoms with Gasteiger partial charge in [-0.1, -0.05) is 13.8 Å². The maximum atomic E-state index is 11.0. The van der Waals surface area contributed by atoms with Gasteiger partial charge in [-0.25, -0.2) is 0 Å². The lowest BCUT2D eigenvalue weighted by Gasteiger charge is -2.22. The Hall–Kier alpha value is -0.670. The molecule has 0 aromatic rings. The Balaban J connectivity index is 2.37. The zero-order valence-corrected chi connectivity index (χ0v) is 8.32. The van der Waals surface area contributed by atoms with Crippen LogP contribution in [0.4, 0.5) is 0 Å².